The van der Waals surface area contributed by atoms with Crippen molar-refractivity contribution >= 4 is 6.29 Å². The van der Waals surface area contributed by atoms with Crippen LogP contribution in [0.4, 0.5) is 0 Å². The molecular weight excluding hydrogens is 246 g/mol. The van der Waals surface area contributed by atoms with Crippen molar-refractivity contribution in [3.8, 4) is 0 Å². The van der Waals surface area contributed by atoms with Crippen LogP contribution in [0.1, 0.15) is 71.1 Å². The van der Waals surface area contributed by atoms with Gasteiger partial charge in [-0.25, -0.2) is 0 Å². The van der Waals surface area contributed by atoms with E-state index in [1.54, 1.807) is 0 Å². The molecular formula is C14H27NO4. The van der Waals surface area contributed by atoms with Crippen LogP contribution in [0.25, 0.3) is 0 Å². The van der Waals surface area contributed by atoms with Gasteiger partial charge in [0, 0.05) is 17.8 Å². The molecule has 0 fully saturated rings. The third kappa shape index (κ3) is 9.59. The summed E-state index contributed by atoms with van der Waals surface area (Å²) in [6.07, 6.45) is 8.07. The second-order valence-electron chi connectivity index (χ2n) is 5.07. The fraction of sp³-hybridized carbons (Fsp3) is 0.929. The molecule has 1 N–H and O–H groups in total. The summed E-state index contributed by atoms with van der Waals surface area (Å²) in [6, 6.07) is -0.818. The molecule has 0 aliphatic carbocycles. The molecule has 0 aromatic carbocycles. The number of hydrogen-bond acceptors (Lipinski definition) is 4. The Morgan fingerprint density at radius 3 is 2.32 bits per heavy atom. The van der Waals surface area contributed by atoms with Gasteiger partial charge in [0.1, 0.15) is 12.4 Å². The zero-order valence-corrected chi connectivity index (χ0v) is 11.9. The van der Waals surface area contributed by atoms with Crippen molar-refractivity contribution in [1.29, 1.82) is 0 Å². The predicted molar refractivity (Wildman–Crippen MR) is 74.7 cm³/mol. The van der Waals surface area contributed by atoms with Crippen LogP contribution < -0.4 is 0 Å². The first-order valence-electron chi connectivity index (χ1n) is 7.38. The lowest BCUT2D eigenvalue weighted by Gasteiger charge is -2.15. The highest BCUT2D eigenvalue weighted by Gasteiger charge is 2.28. The van der Waals surface area contributed by atoms with Gasteiger partial charge in [-0.05, 0) is 19.3 Å². The van der Waals surface area contributed by atoms with Gasteiger partial charge in [0.2, 0.25) is 6.04 Å². The fourth-order valence-corrected chi connectivity index (χ4v) is 2.16. The zero-order chi connectivity index (χ0) is 14.5. The van der Waals surface area contributed by atoms with E-state index in [1.807, 2.05) is 6.92 Å². The maximum Gasteiger partial charge on any atom is 0.238 e. The smallest absolute Gasteiger partial charge is 0.238 e. The van der Waals surface area contributed by atoms with E-state index in [4.69, 9.17) is 0 Å². The molecule has 0 saturated carbocycles. The zero-order valence-electron chi connectivity index (χ0n) is 11.9. The van der Waals surface area contributed by atoms with Crippen LogP contribution in [-0.2, 0) is 4.79 Å². The van der Waals surface area contributed by atoms with Crippen molar-refractivity contribution in [3.05, 3.63) is 10.1 Å². The summed E-state index contributed by atoms with van der Waals surface area (Å²) >= 11 is 0. The van der Waals surface area contributed by atoms with Crippen molar-refractivity contribution < 1.29 is 14.8 Å². The van der Waals surface area contributed by atoms with Gasteiger partial charge in [-0.3, -0.25) is 10.1 Å². The lowest BCUT2D eigenvalue weighted by molar-refractivity contribution is -0.535. The fourth-order valence-electron chi connectivity index (χ4n) is 2.16. The Balaban J connectivity index is 3.76. The largest absolute Gasteiger partial charge is 0.386 e. The second-order valence-corrected chi connectivity index (χ2v) is 5.07. The number of carbonyl (C=O) groups excluding carboxylic acids is 1. The number of nitrogens with zero attached hydrogens (tertiary/aromatic N) is 1. The number of nitro groups is 1. The molecule has 0 spiro atoms. The maximum absolute atomic E-state index is 10.9. The number of aliphatic hydroxyl groups excluding tert-OH is 1. The summed E-state index contributed by atoms with van der Waals surface area (Å²) < 4.78 is 0. The molecule has 0 amide bonds. The Bertz CT molecular complexity index is 246. The van der Waals surface area contributed by atoms with Crippen LogP contribution >= 0.6 is 0 Å². The molecule has 0 bridgehead atoms. The van der Waals surface area contributed by atoms with E-state index in [-0.39, 0.29) is 4.92 Å². The van der Waals surface area contributed by atoms with E-state index in [2.05, 4.69) is 0 Å². The Kier molecular flexibility index (Phi) is 11.5. The lowest BCUT2D eigenvalue weighted by Crippen LogP contribution is -2.33. The molecule has 2 unspecified atom stereocenters. The number of aliphatic hydroxyl groups is 1. The minimum atomic E-state index is -0.818. The van der Waals surface area contributed by atoms with Crippen LogP contribution in [0, 0.1) is 10.1 Å². The Morgan fingerprint density at radius 2 is 1.74 bits per heavy atom. The van der Waals surface area contributed by atoms with Crippen LogP contribution in [0.3, 0.4) is 0 Å². The van der Waals surface area contributed by atoms with Gasteiger partial charge in [-0.15, -0.1) is 0 Å². The Morgan fingerprint density at radius 1 is 1.11 bits per heavy atom. The molecule has 0 aromatic heterocycles. The third-order valence-corrected chi connectivity index (χ3v) is 3.39. The van der Waals surface area contributed by atoms with E-state index in [0.717, 1.165) is 51.2 Å². The molecule has 0 heterocycles. The van der Waals surface area contributed by atoms with Gasteiger partial charge in [0.25, 0.3) is 0 Å². The van der Waals surface area contributed by atoms with Crippen LogP contribution in [-0.4, -0.2) is 28.5 Å². The summed E-state index contributed by atoms with van der Waals surface area (Å²) in [6.45, 7) is 2.01. The third-order valence-electron chi connectivity index (χ3n) is 3.39. The van der Waals surface area contributed by atoms with E-state index >= 15 is 0 Å². The molecule has 0 radical (unpaired) electrons. The van der Waals surface area contributed by atoms with Crippen molar-refractivity contribution in [2.24, 2.45) is 0 Å². The molecule has 0 rings (SSSR count). The molecule has 0 aliphatic rings. The average molecular weight is 273 g/mol. The molecule has 0 saturated heterocycles. The highest BCUT2D eigenvalue weighted by Crippen LogP contribution is 2.15. The first kappa shape index (κ1) is 18.0. The van der Waals surface area contributed by atoms with Crippen LogP contribution in [0.2, 0.25) is 0 Å². The SMILES string of the molecule is CCCCC(O)C(CCCCCCCC=O)[N+](=O)[O-]. The molecule has 19 heavy (non-hydrogen) atoms. The summed E-state index contributed by atoms with van der Waals surface area (Å²) in [5, 5.41) is 20.7. The summed E-state index contributed by atoms with van der Waals surface area (Å²) in [4.78, 5) is 20.7. The van der Waals surface area contributed by atoms with Gasteiger partial charge in [0.05, 0.1) is 0 Å². The molecule has 2 atom stereocenters. The lowest BCUT2D eigenvalue weighted by atomic mass is 9.99. The number of hydrogen-bond donors (Lipinski definition) is 1. The summed E-state index contributed by atoms with van der Waals surface area (Å²) in [7, 11) is 0. The highest BCUT2D eigenvalue weighted by molar-refractivity contribution is 5.48. The van der Waals surface area contributed by atoms with Crippen molar-refractivity contribution in [1.82, 2.24) is 0 Å². The van der Waals surface area contributed by atoms with E-state index in [1.165, 1.54) is 0 Å². The normalized spacial score (nSPS) is 14.0. The predicted octanol–water partition coefficient (Wildman–Crippen LogP) is 3.11. The monoisotopic (exact) mass is 273 g/mol. The van der Waals surface area contributed by atoms with E-state index < -0.39 is 12.1 Å². The van der Waals surface area contributed by atoms with Crippen molar-refractivity contribution in [2.45, 2.75) is 83.3 Å². The standard InChI is InChI=1S/C14H27NO4/c1-2-3-11-14(17)13(15(18)19)10-8-6-4-5-7-9-12-16/h12-14,17H,2-11H2,1H3. The molecule has 5 heteroatoms. The minimum Gasteiger partial charge on any atom is -0.386 e. The van der Waals surface area contributed by atoms with Gasteiger partial charge in [-0.1, -0.05) is 39.0 Å². The van der Waals surface area contributed by atoms with Gasteiger partial charge in [0.15, 0.2) is 0 Å². The quantitative estimate of drug-likeness (QED) is 0.242. The Labute approximate surface area is 115 Å². The number of rotatable bonds is 13. The topological polar surface area (TPSA) is 80.4 Å². The van der Waals surface area contributed by atoms with Gasteiger partial charge in [-0.2, -0.15) is 0 Å². The molecule has 5 nitrogen and oxygen atoms in total. The van der Waals surface area contributed by atoms with Crippen molar-refractivity contribution in [3.63, 3.8) is 0 Å². The first-order valence-corrected chi connectivity index (χ1v) is 7.38. The highest BCUT2D eigenvalue weighted by atomic mass is 16.6. The van der Waals surface area contributed by atoms with Gasteiger partial charge < -0.3 is 9.90 Å². The Hall–Kier alpha value is -0.970. The van der Waals surface area contributed by atoms with Crippen molar-refractivity contribution in [2.75, 3.05) is 0 Å². The molecule has 112 valence electrons. The average Bonchev–Trinajstić information content (AvgIpc) is 2.38. The number of carbonyl (C=O) groups is 1. The minimum absolute atomic E-state index is 0.341. The van der Waals surface area contributed by atoms with Crippen LogP contribution in [0.15, 0.2) is 0 Å². The van der Waals surface area contributed by atoms with E-state index in [9.17, 15) is 20.0 Å². The summed E-state index contributed by atoms with van der Waals surface area (Å²) in [5.74, 6) is 0. The molecule has 0 aliphatic heterocycles. The maximum atomic E-state index is 10.9. The van der Waals surface area contributed by atoms with Gasteiger partial charge >= 0.3 is 0 Å². The molecule has 0 aromatic rings. The van der Waals surface area contributed by atoms with Crippen LogP contribution in [0.5, 0.6) is 0 Å². The van der Waals surface area contributed by atoms with E-state index in [0.29, 0.717) is 19.3 Å². The number of aldehydes is 1. The summed E-state index contributed by atoms with van der Waals surface area (Å²) in [5.41, 5.74) is 0. The second kappa shape index (κ2) is 12.1. The number of unbranched alkanes of at least 4 members (excludes halogenated alkanes) is 6. The first-order chi connectivity index (χ1) is 9.13.